The standard InChI is InChI=1S/C24H33N3O6S/c1-16-13-25-17(2)15-33-22-12-18(6-11-21(22)24(28)27(3)14-23(16)32-5)26-34(29,30)20-9-7-19(31-4)8-10-20/h6-12,16-17,23,25-26H,13-15H2,1-5H3/t16-,17+,23-/m1/s1. The molecule has 0 aromatic heterocycles. The van der Waals surface area contributed by atoms with Crippen LogP contribution in [0.4, 0.5) is 5.69 Å². The highest BCUT2D eigenvalue weighted by atomic mass is 32.2. The van der Waals surface area contributed by atoms with Crippen molar-refractivity contribution < 1.29 is 27.4 Å². The molecule has 0 unspecified atom stereocenters. The van der Waals surface area contributed by atoms with Crippen molar-refractivity contribution in [3.63, 3.8) is 0 Å². The number of benzene rings is 2. The van der Waals surface area contributed by atoms with Gasteiger partial charge >= 0.3 is 0 Å². The maximum absolute atomic E-state index is 13.2. The monoisotopic (exact) mass is 491 g/mol. The van der Waals surface area contributed by atoms with E-state index in [1.54, 1.807) is 43.3 Å². The van der Waals surface area contributed by atoms with Crippen molar-refractivity contribution in [1.29, 1.82) is 0 Å². The second kappa shape index (κ2) is 11.1. The first kappa shape index (κ1) is 25.8. The van der Waals surface area contributed by atoms with E-state index in [1.807, 2.05) is 6.92 Å². The first-order valence-corrected chi connectivity index (χ1v) is 12.6. The molecule has 0 aliphatic carbocycles. The minimum absolute atomic E-state index is 0.0136. The number of methoxy groups -OCH3 is 2. The van der Waals surface area contributed by atoms with E-state index < -0.39 is 10.0 Å². The molecule has 0 spiro atoms. The zero-order valence-corrected chi connectivity index (χ0v) is 21.0. The lowest BCUT2D eigenvalue weighted by Crippen LogP contribution is -2.44. The van der Waals surface area contributed by atoms with E-state index in [-0.39, 0.29) is 28.9 Å². The highest BCUT2D eigenvalue weighted by molar-refractivity contribution is 7.92. The molecule has 9 nitrogen and oxygen atoms in total. The van der Waals surface area contributed by atoms with Gasteiger partial charge in [0.25, 0.3) is 15.9 Å². The van der Waals surface area contributed by atoms with E-state index in [9.17, 15) is 13.2 Å². The van der Waals surface area contributed by atoms with Crippen LogP contribution in [0.25, 0.3) is 0 Å². The van der Waals surface area contributed by atoms with Gasteiger partial charge in [-0.2, -0.15) is 0 Å². The van der Waals surface area contributed by atoms with E-state index in [1.165, 1.54) is 25.3 Å². The summed E-state index contributed by atoms with van der Waals surface area (Å²) in [5.74, 6) is 0.831. The molecular weight excluding hydrogens is 458 g/mol. The number of anilines is 1. The van der Waals surface area contributed by atoms with Crippen LogP contribution in [-0.2, 0) is 14.8 Å². The average Bonchev–Trinajstić information content (AvgIpc) is 2.83. The van der Waals surface area contributed by atoms with Crippen molar-refractivity contribution in [2.75, 3.05) is 45.7 Å². The summed E-state index contributed by atoms with van der Waals surface area (Å²) < 4.78 is 45.0. The van der Waals surface area contributed by atoms with Gasteiger partial charge in [-0.15, -0.1) is 0 Å². The molecule has 1 amide bonds. The van der Waals surface area contributed by atoms with Crippen molar-refractivity contribution in [3.8, 4) is 11.5 Å². The van der Waals surface area contributed by atoms with Gasteiger partial charge in [0, 0.05) is 39.4 Å². The lowest BCUT2D eigenvalue weighted by molar-refractivity contribution is 0.0281. The smallest absolute Gasteiger partial charge is 0.261 e. The highest BCUT2D eigenvalue weighted by Crippen LogP contribution is 2.28. The lowest BCUT2D eigenvalue weighted by Gasteiger charge is -2.30. The van der Waals surface area contributed by atoms with Crippen LogP contribution < -0.4 is 19.5 Å². The van der Waals surface area contributed by atoms with Crippen LogP contribution in [0.1, 0.15) is 24.2 Å². The Morgan fingerprint density at radius 2 is 1.82 bits per heavy atom. The number of ether oxygens (including phenoxy) is 3. The van der Waals surface area contributed by atoms with E-state index in [0.717, 1.165) is 0 Å². The van der Waals surface area contributed by atoms with E-state index in [2.05, 4.69) is 17.0 Å². The molecule has 1 aliphatic rings. The summed E-state index contributed by atoms with van der Waals surface area (Å²) in [7, 11) is 1.03. The largest absolute Gasteiger partial charge is 0.497 e. The second-order valence-corrected chi connectivity index (χ2v) is 10.2. The van der Waals surface area contributed by atoms with Gasteiger partial charge in [0.05, 0.1) is 29.4 Å². The Labute approximate surface area is 201 Å². The molecule has 2 N–H and O–H groups in total. The molecule has 0 bridgehead atoms. The molecule has 0 saturated carbocycles. The Hall–Kier alpha value is -2.82. The third-order valence-corrected chi connectivity index (χ3v) is 7.25. The Bertz CT molecular complexity index is 1090. The predicted molar refractivity (Wildman–Crippen MR) is 130 cm³/mol. The number of nitrogens with zero attached hydrogens (tertiary/aromatic N) is 1. The molecule has 1 aliphatic heterocycles. The summed E-state index contributed by atoms with van der Waals surface area (Å²) in [6.45, 7) is 5.50. The van der Waals surface area contributed by atoms with Gasteiger partial charge in [-0.3, -0.25) is 9.52 Å². The van der Waals surface area contributed by atoms with Crippen LogP contribution in [0, 0.1) is 5.92 Å². The number of carbonyl (C=O) groups is 1. The first-order valence-electron chi connectivity index (χ1n) is 11.1. The summed E-state index contributed by atoms with van der Waals surface area (Å²) in [4.78, 5) is 14.9. The maximum atomic E-state index is 13.2. The van der Waals surface area contributed by atoms with E-state index in [4.69, 9.17) is 14.2 Å². The van der Waals surface area contributed by atoms with Crippen LogP contribution in [0.2, 0.25) is 0 Å². The zero-order valence-electron chi connectivity index (χ0n) is 20.2. The summed E-state index contributed by atoms with van der Waals surface area (Å²) >= 11 is 0. The molecule has 0 saturated heterocycles. The Kier molecular flexibility index (Phi) is 8.40. The van der Waals surface area contributed by atoms with E-state index in [0.29, 0.717) is 42.4 Å². The normalized spacial score (nSPS) is 22.1. The molecule has 34 heavy (non-hydrogen) atoms. The fourth-order valence-electron chi connectivity index (χ4n) is 3.69. The first-order chi connectivity index (χ1) is 16.1. The highest BCUT2D eigenvalue weighted by Gasteiger charge is 2.26. The maximum Gasteiger partial charge on any atom is 0.261 e. The SMILES string of the molecule is COc1ccc(S(=O)(=O)Nc2ccc3c(c2)OC[C@H](C)NC[C@@H](C)[C@H](OC)CN(C)C3=O)cc1. The number of rotatable bonds is 5. The third kappa shape index (κ3) is 6.19. The molecule has 10 heteroatoms. The minimum atomic E-state index is -3.84. The van der Waals surface area contributed by atoms with Gasteiger partial charge in [0.2, 0.25) is 0 Å². The number of nitrogens with one attached hydrogen (secondary N) is 2. The molecule has 1 heterocycles. The minimum Gasteiger partial charge on any atom is -0.497 e. The number of hydrogen-bond acceptors (Lipinski definition) is 7. The summed E-state index contributed by atoms with van der Waals surface area (Å²) in [5.41, 5.74) is 0.645. The average molecular weight is 492 g/mol. The predicted octanol–water partition coefficient (Wildman–Crippen LogP) is 2.59. The van der Waals surface area contributed by atoms with Gasteiger partial charge in [0.1, 0.15) is 18.1 Å². The van der Waals surface area contributed by atoms with Gasteiger partial charge in [0.15, 0.2) is 0 Å². The number of sulfonamides is 1. The van der Waals surface area contributed by atoms with Crippen molar-refractivity contribution in [2.24, 2.45) is 5.92 Å². The Balaban J connectivity index is 1.90. The van der Waals surface area contributed by atoms with Gasteiger partial charge in [-0.1, -0.05) is 6.92 Å². The molecule has 0 radical (unpaired) electrons. The van der Waals surface area contributed by atoms with Crippen LogP contribution >= 0.6 is 0 Å². The fourth-order valence-corrected chi connectivity index (χ4v) is 4.74. The zero-order chi connectivity index (χ0) is 24.9. The van der Waals surface area contributed by atoms with Crippen molar-refractivity contribution in [1.82, 2.24) is 10.2 Å². The number of hydrogen-bond donors (Lipinski definition) is 2. The molecule has 3 atom stereocenters. The van der Waals surface area contributed by atoms with Crippen molar-refractivity contribution >= 4 is 21.6 Å². The van der Waals surface area contributed by atoms with Gasteiger partial charge in [-0.25, -0.2) is 8.42 Å². The Morgan fingerprint density at radius 3 is 2.47 bits per heavy atom. The van der Waals surface area contributed by atoms with Crippen molar-refractivity contribution in [3.05, 3.63) is 48.0 Å². The third-order valence-electron chi connectivity index (χ3n) is 5.85. The Morgan fingerprint density at radius 1 is 1.12 bits per heavy atom. The van der Waals surface area contributed by atoms with Crippen LogP contribution in [0.15, 0.2) is 47.4 Å². The second-order valence-electron chi connectivity index (χ2n) is 8.55. The number of carbonyl (C=O) groups excluding carboxylic acids is 1. The number of fused-ring (bicyclic) bond motifs is 1. The molecular formula is C24H33N3O6S. The fraction of sp³-hybridized carbons (Fsp3) is 0.458. The summed E-state index contributed by atoms with van der Waals surface area (Å²) in [5, 5.41) is 3.42. The van der Waals surface area contributed by atoms with Gasteiger partial charge in [-0.05, 0) is 49.2 Å². The molecule has 2 aromatic rings. The molecule has 2 aromatic carbocycles. The summed E-state index contributed by atoms with van der Waals surface area (Å²) in [6, 6.07) is 10.8. The van der Waals surface area contributed by atoms with Crippen LogP contribution in [0.3, 0.4) is 0 Å². The van der Waals surface area contributed by atoms with Crippen molar-refractivity contribution in [2.45, 2.75) is 30.9 Å². The molecule has 0 fully saturated rings. The molecule has 186 valence electrons. The number of amides is 1. The number of likely N-dealkylation sites (N-methyl/N-ethyl adjacent to an activating group) is 1. The summed E-state index contributed by atoms with van der Waals surface area (Å²) in [6.07, 6.45) is -0.131. The quantitative estimate of drug-likeness (QED) is 0.662. The van der Waals surface area contributed by atoms with E-state index >= 15 is 0 Å². The topological polar surface area (TPSA) is 106 Å². The van der Waals surface area contributed by atoms with Crippen LogP contribution in [0.5, 0.6) is 11.5 Å². The lowest BCUT2D eigenvalue weighted by atomic mass is 10.0. The molecule has 3 rings (SSSR count). The van der Waals surface area contributed by atoms with Crippen LogP contribution in [-0.4, -0.2) is 72.3 Å². The van der Waals surface area contributed by atoms with Gasteiger partial charge < -0.3 is 24.4 Å².